The fourth-order valence-electron chi connectivity index (χ4n) is 2.83. The largest absolute Gasteiger partial charge is 0.493 e. The number of fused-ring (bicyclic) bond motifs is 1. The van der Waals surface area contributed by atoms with Crippen LogP contribution in [0.1, 0.15) is 15.9 Å². The van der Waals surface area contributed by atoms with Crippen LogP contribution in [0.3, 0.4) is 0 Å². The number of nitrogens with zero attached hydrogens (tertiary/aromatic N) is 1. The molecule has 0 N–H and O–H groups in total. The van der Waals surface area contributed by atoms with E-state index in [0.29, 0.717) is 54.7 Å². The average molecular weight is 357 g/mol. The molecule has 0 atom stereocenters. The lowest BCUT2D eigenvalue weighted by Crippen LogP contribution is -2.29. The zero-order chi connectivity index (χ0) is 18.5. The highest BCUT2D eigenvalue weighted by Gasteiger charge is 2.17. The van der Waals surface area contributed by atoms with E-state index in [1.165, 1.54) is 0 Å². The first-order chi connectivity index (χ1) is 12.6. The van der Waals surface area contributed by atoms with Crippen LogP contribution in [0.25, 0.3) is 0 Å². The molecule has 0 aliphatic carbocycles. The number of hydrogen-bond acceptors (Lipinski definition) is 5. The molecule has 138 valence electrons. The standard InChI is InChI=1S/C20H23NO5/c1-21(9-8-14-4-6-16(23-2)18(12-14)24-3)20(22)15-5-7-17-19(13-15)26-11-10-25-17/h4-7,12-13H,8-11H2,1-3H3. The van der Waals surface area contributed by atoms with Crippen LogP contribution >= 0.6 is 0 Å². The van der Waals surface area contributed by atoms with Gasteiger partial charge in [0.25, 0.3) is 5.91 Å². The van der Waals surface area contributed by atoms with Crippen LogP contribution in [0, 0.1) is 0 Å². The van der Waals surface area contributed by atoms with Crippen molar-refractivity contribution < 1.29 is 23.7 Å². The number of amides is 1. The molecule has 1 amide bonds. The lowest BCUT2D eigenvalue weighted by Gasteiger charge is -2.21. The molecule has 1 aliphatic heterocycles. The van der Waals surface area contributed by atoms with E-state index in [2.05, 4.69) is 0 Å². The van der Waals surface area contributed by atoms with Crippen molar-refractivity contribution in [2.24, 2.45) is 0 Å². The second-order valence-corrected chi connectivity index (χ2v) is 6.02. The van der Waals surface area contributed by atoms with Gasteiger partial charge in [-0.05, 0) is 42.3 Å². The maximum absolute atomic E-state index is 12.7. The summed E-state index contributed by atoms with van der Waals surface area (Å²) in [6, 6.07) is 11.1. The average Bonchev–Trinajstić information content (AvgIpc) is 2.70. The molecule has 2 aromatic rings. The van der Waals surface area contributed by atoms with Gasteiger partial charge in [-0.2, -0.15) is 0 Å². The van der Waals surface area contributed by atoms with Crippen LogP contribution < -0.4 is 18.9 Å². The monoisotopic (exact) mass is 357 g/mol. The van der Waals surface area contributed by atoms with E-state index in [-0.39, 0.29) is 5.91 Å². The third kappa shape index (κ3) is 3.85. The number of carbonyl (C=O) groups excluding carboxylic acids is 1. The van der Waals surface area contributed by atoms with Gasteiger partial charge in [0.2, 0.25) is 0 Å². The van der Waals surface area contributed by atoms with E-state index >= 15 is 0 Å². The molecule has 0 radical (unpaired) electrons. The smallest absolute Gasteiger partial charge is 0.253 e. The Bertz CT molecular complexity index is 790. The quantitative estimate of drug-likeness (QED) is 0.796. The number of rotatable bonds is 6. The Morgan fingerprint density at radius 1 is 1.00 bits per heavy atom. The number of carbonyl (C=O) groups is 1. The normalized spacial score (nSPS) is 12.4. The molecule has 0 fully saturated rings. The minimum absolute atomic E-state index is 0.0533. The summed E-state index contributed by atoms with van der Waals surface area (Å²) in [5.41, 5.74) is 1.66. The maximum atomic E-state index is 12.7. The van der Waals surface area contributed by atoms with E-state index in [9.17, 15) is 4.79 Å². The Kier molecular flexibility index (Phi) is 5.51. The number of methoxy groups -OCH3 is 2. The Balaban J connectivity index is 1.64. The predicted octanol–water partition coefficient (Wildman–Crippen LogP) is 2.79. The zero-order valence-electron chi connectivity index (χ0n) is 15.3. The maximum Gasteiger partial charge on any atom is 0.253 e. The second-order valence-electron chi connectivity index (χ2n) is 6.02. The first-order valence-electron chi connectivity index (χ1n) is 8.48. The van der Waals surface area contributed by atoms with Crippen molar-refractivity contribution in [1.29, 1.82) is 0 Å². The molecule has 1 aliphatic rings. The Morgan fingerprint density at radius 3 is 2.46 bits per heavy atom. The lowest BCUT2D eigenvalue weighted by molar-refractivity contribution is 0.0795. The summed E-state index contributed by atoms with van der Waals surface area (Å²) >= 11 is 0. The van der Waals surface area contributed by atoms with Crippen molar-refractivity contribution in [3.8, 4) is 23.0 Å². The van der Waals surface area contributed by atoms with E-state index in [1.54, 1.807) is 44.4 Å². The van der Waals surface area contributed by atoms with Crippen LogP contribution in [0.5, 0.6) is 23.0 Å². The highest BCUT2D eigenvalue weighted by Crippen LogP contribution is 2.31. The van der Waals surface area contributed by atoms with Gasteiger partial charge in [0.05, 0.1) is 14.2 Å². The molecule has 0 aromatic heterocycles. The van der Waals surface area contributed by atoms with Crippen LogP contribution in [0.15, 0.2) is 36.4 Å². The van der Waals surface area contributed by atoms with Crippen molar-refractivity contribution in [2.75, 3.05) is 41.0 Å². The summed E-state index contributed by atoms with van der Waals surface area (Å²) in [4.78, 5) is 14.4. The van der Waals surface area contributed by atoms with Gasteiger partial charge in [0.1, 0.15) is 13.2 Å². The molecule has 6 nitrogen and oxygen atoms in total. The summed E-state index contributed by atoms with van der Waals surface area (Å²) < 4.78 is 21.6. The van der Waals surface area contributed by atoms with Gasteiger partial charge in [0.15, 0.2) is 23.0 Å². The SMILES string of the molecule is COc1ccc(CCN(C)C(=O)c2ccc3c(c2)OCCO3)cc1OC. The molecular formula is C20H23NO5. The Morgan fingerprint density at radius 2 is 1.73 bits per heavy atom. The minimum atomic E-state index is -0.0533. The van der Waals surface area contributed by atoms with Gasteiger partial charge in [-0.3, -0.25) is 4.79 Å². The Labute approximate surface area is 153 Å². The van der Waals surface area contributed by atoms with Crippen molar-refractivity contribution in [1.82, 2.24) is 4.90 Å². The van der Waals surface area contributed by atoms with Crippen LogP contribution in [-0.4, -0.2) is 51.8 Å². The van der Waals surface area contributed by atoms with Crippen molar-refractivity contribution in [2.45, 2.75) is 6.42 Å². The van der Waals surface area contributed by atoms with E-state index in [4.69, 9.17) is 18.9 Å². The number of hydrogen-bond donors (Lipinski definition) is 0. The molecule has 0 spiro atoms. The van der Waals surface area contributed by atoms with Gasteiger partial charge >= 0.3 is 0 Å². The molecule has 2 aromatic carbocycles. The topological polar surface area (TPSA) is 57.2 Å². The number of ether oxygens (including phenoxy) is 4. The number of benzene rings is 2. The van der Waals surface area contributed by atoms with Crippen molar-refractivity contribution in [3.63, 3.8) is 0 Å². The summed E-state index contributed by atoms with van der Waals surface area (Å²) in [6.07, 6.45) is 0.715. The van der Waals surface area contributed by atoms with Gasteiger partial charge in [0, 0.05) is 19.2 Å². The molecule has 0 bridgehead atoms. The lowest BCUT2D eigenvalue weighted by atomic mass is 10.1. The van der Waals surface area contributed by atoms with E-state index < -0.39 is 0 Å². The molecule has 3 rings (SSSR count). The van der Waals surface area contributed by atoms with Crippen LogP contribution in [0.4, 0.5) is 0 Å². The highest BCUT2D eigenvalue weighted by molar-refractivity contribution is 5.94. The first-order valence-corrected chi connectivity index (χ1v) is 8.48. The molecule has 1 heterocycles. The Hall–Kier alpha value is -2.89. The second kappa shape index (κ2) is 7.99. The van der Waals surface area contributed by atoms with Crippen molar-refractivity contribution in [3.05, 3.63) is 47.5 Å². The summed E-state index contributed by atoms with van der Waals surface area (Å²) in [6.45, 7) is 1.62. The third-order valence-corrected chi connectivity index (χ3v) is 4.32. The van der Waals surface area contributed by atoms with Crippen LogP contribution in [-0.2, 0) is 6.42 Å². The first kappa shape index (κ1) is 17.9. The molecule has 6 heteroatoms. The molecule has 26 heavy (non-hydrogen) atoms. The molecule has 0 saturated heterocycles. The van der Waals surface area contributed by atoms with Gasteiger partial charge in [-0.1, -0.05) is 6.07 Å². The fourth-order valence-corrected chi connectivity index (χ4v) is 2.83. The zero-order valence-corrected chi connectivity index (χ0v) is 15.3. The summed E-state index contributed by atoms with van der Waals surface area (Å²) in [7, 11) is 5.01. The van der Waals surface area contributed by atoms with Gasteiger partial charge < -0.3 is 23.8 Å². The molecular weight excluding hydrogens is 334 g/mol. The van der Waals surface area contributed by atoms with Crippen molar-refractivity contribution >= 4 is 5.91 Å². The predicted molar refractivity (Wildman–Crippen MR) is 97.6 cm³/mol. The van der Waals surface area contributed by atoms with Crippen LogP contribution in [0.2, 0.25) is 0 Å². The molecule has 0 saturated carbocycles. The van der Waals surface area contributed by atoms with E-state index in [1.807, 2.05) is 18.2 Å². The molecule has 0 unspecified atom stereocenters. The summed E-state index contributed by atoms with van der Waals surface area (Å²) in [5, 5.41) is 0. The third-order valence-electron chi connectivity index (χ3n) is 4.32. The number of likely N-dealkylation sites (N-methyl/N-ethyl adjacent to an activating group) is 1. The van der Waals surface area contributed by atoms with Gasteiger partial charge in [-0.25, -0.2) is 0 Å². The minimum Gasteiger partial charge on any atom is -0.493 e. The van der Waals surface area contributed by atoms with Gasteiger partial charge in [-0.15, -0.1) is 0 Å². The highest BCUT2D eigenvalue weighted by atomic mass is 16.6. The summed E-state index contributed by atoms with van der Waals surface area (Å²) in [5.74, 6) is 2.63. The van der Waals surface area contributed by atoms with E-state index in [0.717, 1.165) is 5.56 Å². The fraction of sp³-hybridized carbons (Fsp3) is 0.350.